The summed E-state index contributed by atoms with van der Waals surface area (Å²) in [6.45, 7) is 7.20. The largest absolute Gasteiger partial charge is 0.458 e. The van der Waals surface area contributed by atoms with Crippen LogP contribution in [0, 0.1) is 5.92 Å². The van der Waals surface area contributed by atoms with Gasteiger partial charge in [0, 0.05) is 24.6 Å². The fourth-order valence-electron chi connectivity index (χ4n) is 4.97. The molecule has 0 aromatic carbocycles. The third kappa shape index (κ3) is 9.31. The second kappa shape index (κ2) is 15.1. The quantitative estimate of drug-likeness (QED) is 0.251. The number of hydrogen-bond acceptors (Lipinski definition) is 6. The first kappa shape index (κ1) is 26.7. The van der Waals surface area contributed by atoms with Gasteiger partial charge in [-0.3, -0.25) is 10.6 Å². The number of rotatable bonds is 14. The fraction of sp³-hybridized carbons (Fsp3) is 0.815. The van der Waals surface area contributed by atoms with Crippen LogP contribution in [0.15, 0.2) is 12.1 Å². The van der Waals surface area contributed by atoms with Gasteiger partial charge in [0.2, 0.25) is 0 Å². The second-order valence-corrected chi connectivity index (χ2v) is 11.0. The molecule has 0 unspecified atom stereocenters. The highest BCUT2D eigenvalue weighted by Gasteiger charge is 2.32. The van der Waals surface area contributed by atoms with Crippen molar-refractivity contribution in [2.24, 2.45) is 5.92 Å². The Morgan fingerprint density at radius 1 is 0.909 bits per heavy atom. The van der Waals surface area contributed by atoms with Crippen LogP contribution in [0.2, 0.25) is 0 Å². The van der Waals surface area contributed by atoms with E-state index in [1.165, 1.54) is 56.2 Å². The molecule has 1 aromatic rings. The van der Waals surface area contributed by atoms with Gasteiger partial charge in [-0.05, 0) is 63.0 Å². The lowest BCUT2D eigenvalue weighted by Crippen LogP contribution is -2.59. The van der Waals surface area contributed by atoms with Crippen LogP contribution in [0.25, 0.3) is 0 Å². The van der Waals surface area contributed by atoms with Gasteiger partial charge in [0.15, 0.2) is 0 Å². The Morgan fingerprint density at radius 2 is 1.61 bits per heavy atom. The Kier molecular flexibility index (Phi) is 12.2. The number of nitrogens with one attached hydrogen (secondary N) is 2. The van der Waals surface area contributed by atoms with E-state index in [1.807, 2.05) is 6.07 Å². The molecule has 2 fully saturated rings. The summed E-state index contributed by atoms with van der Waals surface area (Å²) in [6, 6.07) is 4.02. The van der Waals surface area contributed by atoms with Crippen molar-refractivity contribution in [1.29, 1.82) is 0 Å². The molecule has 0 spiro atoms. The highest BCUT2D eigenvalue weighted by molar-refractivity contribution is 7.13. The topological polar surface area (TPSA) is 59.6 Å². The summed E-state index contributed by atoms with van der Waals surface area (Å²) in [5.41, 5.74) is 0. The lowest BCUT2D eigenvalue weighted by atomic mass is 9.84. The number of carbonyl (C=O) groups is 1. The summed E-state index contributed by atoms with van der Waals surface area (Å²) >= 11 is 1.60. The van der Waals surface area contributed by atoms with E-state index in [-0.39, 0.29) is 18.2 Å². The van der Waals surface area contributed by atoms with Gasteiger partial charge in [0.05, 0.1) is 12.3 Å². The second-order valence-electron chi connectivity index (χ2n) is 9.87. The zero-order valence-electron chi connectivity index (χ0n) is 20.9. The van der Waals surface area contributed by atoms with Crippen molar-refractivity contribution < 1.29 is 14.3 Å². The first-order chi connectivity index (χ1) is 16.2. The van der Waals surface area contributed by atoms with Gasteiger partial charge in [0.25, 0.3) is 0 Å². The zero-order chi connectivity index (χ0) is 23.3. The minimum Gasteiger partial charge on any atom is -0.458 e. The smallest absolute Gasteiger partial charge is 0.348 e. The van der Waals surface area contributed by atoms with E-state index in [4.69, 9.17) is 9.47 Å². The molecule has 0 atom stereocenters. The molecule has 1 aromatic heterocycles. The molecule has 2 aliphatic rings. The van der Waals surface area contributed by atoms with Crippen molar-refractivity contribution in [2.75, 3.05) is 19.7 Å². The van der Waals surface area contributed by atoms with Crippen molar-refractivity contribution >= 4 is 17.3 Å². The van der Waals surface area contributed by atoms with E-state index in [9.17, 15) is 4.79 Å². The summed E-state index contributed by atoms with van der Waals surface area (Å²) < 4.78 is 11.9. The number of esters is 1. The van der Waals surface area contributed by atoms with Crippen LogP contribution in [0.4, 0.5) is 0 Å². The van der Waals surface area contributed by atoms with Crippen molar-refractivity contribution in [3.8, 4) is 0 Å². The summed E-state index contributed by atoms with van der Waals surface area (Å²) in [5, 5.41) is 7.33. The number of carbonyl (C=O) groups excluding carboxylic acids is 1. The molecule has 0 bridgehead atoms. The standard InChI is InChI=1S/C27H46N2O3S/c1-3-5-7-8-9-10-18-31-23-19-28-26(29-20-23)21-12-14-22(15-13-21)32-27(30)25-17-16-24(33-25)11-6-4-2/h16-17,21-23,26,28-29H,3-15,18-20H2,1-2H3. The first-order valence-electron chi connectivity index (χ1n) is 13.6. The summed E-state index contributed by atoms with van der Waals surface area (Å²) in [4.78, 5) is 14.6. The van der Waals surface area contributed by atoms with Gasteiger partial charge in [0.1, 0.15) is 11.0 Å². The Morgan fingerprint density at radius 3 is 2.33 bits per heavy atom. The molecular formula is C27H46N2O3S. The first-order valence-corrected chi connectivity index (χ1v) is 14.4. The average molecular weight is 479 g/mol. The van der Waals surface area contributed by atoms with Crippen LogP contribution in [-0.2, 0) is 15.9 Å². The molecule has 1 aliphatic heterocycles. The van der Waals surface area contributed by atoms with Crippen molar-refractivity contribution in [2.45, 2.75) is 116 Å². The predicted octanol–water partition coefficient (Wildman–Crippen LogP) is 6.07. The van der Waals surface area contributed by atoms with Gasteiger partial charge in [-0.2, -0.15) is 0 Å². The lowest BCUT2D eigenvalue weighted by molar-refractivity contribution is 0.00386. The van der Waals surface area contributed by atoms with Crippen LogP contribution in [0.3, 0.4) is 0 Å². The lowest BCUT2D eigenvalue weighted by Gasteiger charge is -2.39. The molecule has 1 saturated carbocycles. The summed E-state index contributed by atoms with van der Waals surface area (Å²) in [7, 11) is 0. The maximum absolute atomic E-state index is 12.5. The van der Waals surface area contributed by atoms with E-state index >= 15 is 0 Å². The third-order valence-corrected chi connectivity index (χ3v) is 8.21. The molecular weight excluding hydrogens is 432 g/mol. The molecule has 2 heterocycles. The van der Waals surface area contributed by atoms with Gasteiger partial charge in [-0.1, -0.05) is 52.4 Å². The molecule has 188 valence electrons. The molecule has 0 radical (unpaired) electrons. The summed E-state index contributed by atoms with van der Waals surface area (Å²) in [5.74, 6) is 0.465. The van der Waals surface area contributed by atoms with Crippen molar-refractivity contribution in [3.63, 3.8) is 0 Å². The van der Waals surface area contributed by atoms with E-state index < -0.39 is 0 Å². The minimum absolute atomic E-state index is 0.0620. The van der Waals surface area contributed by atoms with E-state index in [1.54, 1.807) is 11.3 Å². The van der Waals surface area contributed by atoms with Crippen LogP contribution >= 0.6 is 11.3 Å². The van der Waals surface area contributed by atoms with Crippen LogP contribution in [0.1, 0.15) is 105 Å². The average Bonchev–Trinajstić information content (AvgIpc) is 3.32. The molecule has 0 amide bonds. The van der Waals surface area contributed by atoms with Crippen LogP contribution in [0.5, 0.6) is 0 Å². The zero-order valence-corrected chi connectivity index (χ0v) is 21.7. The monoisotopic (exact) mass is 478 g/mol. The van der Waals surface area contributed by atoms with Gasteiger partial charge >= 0.3 is 5.97 Å². The van der Waals surface area contributed by atoms with Gasteiger partial charge < -0.3 is 9.47 Å². The Balaban J connectivity index is 1.27. The van der Waals surface area contributed by atoms with E-state index in [2.05, 4.69) is 30.5 Å². The molecule has 6 heteroatoms. The Hall–Kier alpha value is -0.950. The Bertz CT molecular complexity index is 664. The number of hydrogen-bond donors (Lipinski definition) is 2. The minimum atomic E-state index is -0.134. The highest BCUT2D eigenvalue weighted by atomic mass is 32.1. The molecule has 2 N–H and O–H groups in total. The predicted molar refractivity (Wildman–Crippen MR) is 137 cm³/mol. The number of thiophene rings is 1. The molecule has 1 saturated heterocycles. The van der Waals surface area contributed by atoms with Crippen molar-refractivity contribution in [3.05, 3.63) is 21.9 Å². The molecule has 5 nitrogen and oxygen atoms in total. The molecule has 1 aliphatic carbocycles. The normalized spacial score (nSPS) is 25.8. The maximum atomic E-state index is 12.5. The van der Waals surface area contributed by atoms with Gasteiger partial charge in [-0.25, -0.2) is 4.79 Å². The van der Waals surface area contributed by atoms with Crippen LogP contribution < -0.4 is 10.6 Å². The maximum Gasteiger partial charge on any atom is 0.348 e. The van der Waals surface area contributed by atoms with Crippen molar-refractivity contribution in [1.82, 2.24) is 10.6 Å². The van der Waals surface area contributed by atoms with Crippen LogP contribution in [-0.4, -0.2) is 44.0 Å². The van der Waals surface area contributed by atoms with E-state index in [0.717, 1.165) is 56.7 Å². The highest BCUT2D eigenvalue weighted by Crippen LogP contribution is 2.30. The third-order valence-electron chi connectivity index (χ3n) is 7.09. The molecule has 3 rings (SSSR count). The molecule has 33 heavy (non-hydrogen) atoms. The number of ether oxygens (including phenoxy) is 2. The summed E-state index contributed by atoms with van der Waals surface area (Å²) in [6.07, 6.45) is 16.1. The number of unbranched alkanes of at least 4 members (excludes halogenated alkanes) is 6. The fourth-order valence-corrected chi connectivity index (χ4v) is 5.90. The van der Waals surface area contributed by atoms with Gasteiger partial charge in [-0.15, -0.1) is 11.3 Å². The number of aryl methyl sites for hydroxylation is 1. The Labute approximate surface area is 205 Å². The van der Waals surface area contributed by atoms with E-state index in [0.29, 0.717) is 12.1 Å². The SMILES string of the molecule is CCCCCCCCOC1CNC(C2CCC(OC(=O)c3ccc(CCCC)s3)CC2)NC1.